The fourth-order valence-corrected chi connectivity index (χ4v) is 5.92. The number of aromatic hydroxyl groups is 1. The monoisotopic (exact) mass is 416 g/mol. The van der Waals surface area contributed by atoms with E-state index in [4.69, 9.17) is 0 Å². The molecule has 1 fully saturated rings. The summed E-state index contributed by atoms with van der Waals surface area (Å²) in [6.07, 6.45) is 1.46. The van der Waals surface area contributed by atoms with Crippen LogP contribution in [0.3, 0.4) is 0 Å². The van der Waals surface area contributed by atoms with Crippen LogP contribution in [0, 0.1) is 5.82 Å². The number of thiazole rings is 1. The van der Waals surface area contributed by atoms with Crippen molar-refractivity contribution in [2.24, 2.45) is 0 Å². The first-order chi connectivity index (χ1) is 13.7. The van der Waals surface area contributed by atoms with Crippen molar-refractivity contribution in [1.29, 1.82) is 0 Å². The number of hydrogen-bond donors (Lipinski definition) is 2. The third kappa shape index (κ3) is 3.05. The second kappa shape index (κ2) is 7.16. The Morgan fingerprint density at radius 3 is 2.61 bits per heavy atom. The van der Waals surface area contributed by atoms with Crippen molar-refractivity contribution in [2.75, 3.05) is 31.1 Å². The highest BCUT2D eigenvalue weighted by atomic mass is 32.1. The number of quaternary nitrogens is 1. The van der Waals surface area contributed by atoms with Gasteiger partial charge in [-0.15, -0.1) is 11.3 Å². The molecule has 6 nitrogen and oxygen atoms in total. The summed E-state index contributed by atoms with van der Waals surface area (Å²) in [5, 5.41) is 17.0. The first-order valence-corrected chi connectivity index (χ1v) is 10.8. The minimum atomic E-state index is -0.211. The molecule has 28 heavy (non-hydrogen) atoms. The highest BCUT2D eigenvalue weighted by Gasteiger charge is 2.35. The Morgan fingerprint density at radius 2 is 1.93 bits per heavy atom. The molecular weight excluding hydrogens is 397 g/mol. The van der Waals surface area contributed by atoms with Crippen LogP contribution in [0.5, 0.6) is 5.88 Å². The Bertz CT molecular complexity index is 1070. The van der Waals surface area contributed by atoms with Crippen LogP contribution in [0.15, 0.2) is 48.1 Å². The molecule has 0 amide bonds. The normalized spacial score (nSPS) is 16.7. The Morgan fingerprint density at radius 1 is 1.14 bits per heavy atom. The molecule has 4 heterocycles. The lowest BCUT2D eigenvalue weighted by Gasteiger charge is -2.37. The summed E-state index contributed by atoms with van der Waals surface area (Å²) in [5.41, 5.74) is 1.05. The molecule has 0 bridgehead atoms. The van der Waals surface area contributed by atoms with Crippen molar-refractivity contribution >= 4 is 33.3 Å². The van der Waals surface area contributed by atoms with Crippen molar-refractivity contribution < 1.29 is 14.4 Å². The molecule has 1 aliphatic rings. The zero-order chi connectivity index (χ0) is 19.1. The van der Waals surface area contributed by atoms with Gasteiger partial charge in [0, 0.05) is 5.69 Å². The van der Waals surface area contributed by atoms with Gasteiger partial charge in [-0.25, -0.2) is 9.37 Å². The predicted octanol–water partition coefficient (Wildman–Crippen LogP) is 2.19. The van der Waals surface area contributed by atoms with E-state index < -0.39 is 0 Å². The van der Waals surface area contributed by atoms with Crippen molar-refractivity contribution in [3.63, 3.8) is 0 Å². The number of aromatic nitrogens is 3. The van der Waals surface area contributed by atoms with Crippen LogP contribution < -0.4 is 9.80 Å². The van der Waals surface area contributed by atoms with E-state index in [-0.39, 0.29) is 17.7 Å². The summed E-state index contributed by atoms with van der Waals surface area (Å²) in [4.78, 5) is 10.8. The molecule has 2 N–H and O–H groups in total. The molecule has 3 aromatic heterocycles. The zero-order valence-electron chi connectivity index (χ0n) is 15.0. The van der Waals surface area contributed by atoms with E-state index in [0.29, 0.717) is 4.96 Å². The van der Waals surface area contributed by atoms with Crippen LogP contribution in [-0.4, -0.2) is 45.9 Å². The summed E-state index contributed by atoms with van der Waals surface area (Å²) in [6.45, 7) is 3.61. The third-order valence-electron chi connectivity index (χ3n) is 5.23. The van der Waals surface area contributed by atoms with E-state index >= 15 is 0 Å². The molecule has 1 aromatic carbocycles. The van der Waals surface area contributed by atoms with Gasteiger partial charge in [0.15, 0.2) is 6.04 Å². The SMILES string of the molecule is Oc1c([C@H](c2cccs2)[NH+]2CCN(c3ccc(F)cc3)CC2)sc2ncnn12. The first kappa shape index (κ1) is 17.6. The van der Waals surface area contributed by atoms with Crippen molar-refractivity contribution in [1.82, 2.24) is 14.6 Å². The Hall–Kier alpha value is -2.49. The van der Waals surface area contributed by atoms with Gasteiger partial charge >= 0.3 is 0 Å². The maximum Gasteiger partial charge on any atom is 0.235 e. The second-order valence-corrected chi connectivity index (χ2v) is 8.80. The number of rotatable bonds is 4. The predicted molar refractivity (Wildman–Crippen MR) is 108 cm³/mol. The highest BCUT2D eigenvalue weighted by Crippen LogP contribution is 2.36. The van der Waals surface area contributed by atoms with E-state index in [0.717, 1.165) is 36.7 Å². The van der Waals surface area contributed by atoms with Gasteiger partial charge in [-0.1, -0.05) is 17.4 Å². The van der Waals surface area contributed by atoms with Crippen molar-refractivity contribution in [3.05, 3.63) is 63.7 Å². The minimum Gasteiger partial charge on any atom is -0.492 e. The summed E-state index contributed by atoms with van der Waals surface area (Å²) >= 11 is 3.21. The maximum atomic E-state index is 13.2. The standard InChI is InChI=1S/C19H18FN5OS2/c20-13-3-5-14(6-4-13)23-7-9-24(10-8-23)16(15-2-1-11-27-15)17-18(26)25-19(28-17)21-12-22-25/h1-6,11-12,16,26H,7-10H2/p+1/t16-/m0/s1. The zero-order valence-corrected chi connectivity index (χ0v) is 16.6. The lowest BCUT2D eigenvalue weighted by molar-refractivity contribution is -0.925. The van der Waals surface area contributed by atoms with E-state index in [1.807, 2.05) is 12.1 Å². The average molecular weight is 417 g/mol. The van der Waals surface area contributed by atoms with Gasteiger partial charge < -0.3 is 14.9 Å². The summed E-state index contributed by atoms with van der Waals surface area (Å²) in [6, 6.07) is 10.9. The number of piperazine rings is 1. The molecule has 144 valence electrons. The molecule has 5 rings (SSSR count). The molecule has 0 spiro atoms. The Kier molecular flexibility index (Phi) is 4.50. The molecule has 0 unspecified atom stereocenters. The fraction of sp³-hybridized carbons (Fsp3) is 0.263. The van der Waals surface area contributed by atoms with E-state index in [1.54, 1.807) is 11.3 Å². The van der Waals surface area contributed by atoms with Gasteiger partial charge in [0.05, 0.1) is 31.1 Å². The summed E-state index contributed by atoms with van der Waals surface area (Å²) in [7, 11) is 0. The average Bonchev–Trinajstić information content (AvgIpc) is 3.45. The lowest BCUT2D eigenvalue weighted by atomic mass is 10.1. The smallest absolute Gasteiger partial charge is 0.235 e. The number of thiophene rings is 1. The van der Waals surface area contributed by atoms with E-state index in [2.05, 4.69) is 32.5 Å². The van der Waals surface area contributed by atoms with Crippen LogP contribution >= 0.6 is 22.7 Å². The quantitative estimate of drug-likeness (QED) is 0.536. The topological polar surface area (TPSA) is 58.1 Å². The maximum absolute atomic E-state index is 13.2. The molecule has 0 saturated carbocycles. The first-order valence-electron chi connectivity index (χ1n) is 9.10. The number of halogens is 1. The Labute approximate surface area is 169 Å². The van der Waals surface area contributed by atoms with Crippen LogP contribution in [-0.2, 0) is 0 Å². The Balaban J connectivity index is 1.42. The van der Waals surface area contributed by atoms with Gasteiger partial charge in [0.2, 0.25) is 10.8 Å². The highest BCUT2D eigenvalue weighted by molar-refractivity contribution is 7.17. The third-order valence-corrected chi connectivity index (χ3v) is 7.27. The number of benzene rings is 1. The van der Waals surface area contributed by atoms with Gasteiger partial charge in [-0.05, 0) is 35.7 Å². The number of nitrogens with zero attached hydrogens (tertiary/aromatic N) is 4. The summed E-state index contributed by atoms with van der Waals surface area (Å²) in [5.74, 6) is -0.0260. The molecule has 1 atom stereocenters. The van der Waals surface area contributed by atoms with E-state index in [9.17, 15) is 9.50 Å². The lowest BCUT2D eigenvalue weighted by Crippen LogP contribution is -3.15. The van der Waals surface area contributed by atoms with Crippen LogP contribution in [0.25, 0.3) is 4.96 Å². The summed E-state index contributed by atoms with van der Waals surface area (Å²) < 4.78 is 14.7. The van der Waals surface area contributed by atoms with Crippen LogP contribution in [0.1, 0.15) is 15.8 Å². The molecular formula is C19H19FN5OS2+. The van der Waals surface area contributed by atoms with Crippen molar-refractivity contribution in [2.45, 2.75) is 6.04 Å². The fourth-order valence-electron chi connectivity index (χ4n) is 3.85. The second-order valence-electron chi connectivity index (χ2n) is 6.81. The largest absolute Gasteiger partial charge is 0.492 e. The minimum absolute atomic E-state index is 0.0591. The van der Waals surface area contributed by atoms with Gasteiger partial charge in [-0.2, -0.15) is 9.61 Å². The number of anilines is 1. The molecule has 4 aromatic rings. The number of hydrogen-bond acceptors (Lipinski definition) is 6. The number of fused-ring (bicyclic) bond motifs is 1. The van der Waals surface area contributed by atoms with Gasteiger partial charge in [-0.3, -0.25) is 0 Å². The van der Waals surface area contributed by atoms with Gasteiger partial charge in [0.25, 0.3) is 0 Å². The van der Waals surface area contributed by atoms with Crippen molar-refractivity contribution in [3.8, 4) is 5.88 Å². The molecule has 1 saturated heterocycles. The molecule has 9 heteroatoms. The molecule has 1 aliphatic heterocycles. The van der Waals surface area contributed by atoms with E-state index in [1.165, 1.54) is 44.1 Å². The molecule has 0 radical (unpaired) electrons. The van der Waals surface area contributed by atoms with Crippen LogP contribution in [0.2, 0.25) is 0 Å². The molecule has 0 aliphatic carbocycles. The van der Waals surface area contributed by atoms with Crippen LogP contribution in [0.4, 0.5) is 10.1 Å². The van der Waals surface area contributed by atoms with Gasteiger partial charge in [0.1, 0.15) is 17.0 Å². The number of nitrogens with one attached hydrogen (secondary N) is 1.